The maximum atomic E-state index is 12.4. The standard InChI is InChI=1S/C21H22N2O2/c24-21(23-13-5-8-17-7-4-12-22-16-17)15-19(20-11-6-14-25-20)18-9-2-1-3-10-18/h1-4,6-7,9-12,14,16,19H,5,8,13,15H2,(H,23,24)/t19-/m1/s1. The molecule has 0 radical (unpaired) electrons. The highest BCUT2D eigenvalue weighted by molar-refractivity contribution is 5.77. The van der Waals surface area contributed by atoms with Gasteiger partial charge in [-0.3, -0.25) is 9.78 Å². The van der Waals surface area contributed by atoms with E-state index in [2.05, 4.69) is 16.4 Å². The molecular formula is C21H22N2O2. The van der Waals surface area contributed by atoms with Crippen molar-refractivity contribution in [3.8, 4) is 0 Å². The number of furan rings is 1. The summed E-state index contributed by atoms with van der Waals surface area (Å²) in [5, 5.41) is 3.01. The summed E-state index contributed by atoms with van der Waals surface area (Å²) in [4.78, 5) is 16.5. The van der Waals surface area contributed by atoms with E-state index in [9.17, 15) is 4.79 Å². The molecule has 3 aromatic rings. The second-order valence-corrected chi connectivity index (χ2v) is 6.00. The molecule has 0 unspecified atom stereocenters. The molecular weight excluding hydrogens is 312 g/mol. The molecule has 1 amide bonds. The van der Waals surface area contributed by atoms with Crippen LogP contribution in [-0.2, 0) is 11.2 Å². The minimum absolute atomic E-state index is 0.0384. The molecule has 0 saturated carbocycles. The van der Waals surface area contributed by atoms with Crippen LogP contribution in [0.4, 0.5) is 0 Å². The monoisotopic (exact) mass is 334 g/mol. The summed E-state index contributed by atoms with van der Waals surface area (Å²) in [6.07, 6.45) is 7.47. The molecule has 3 rings (SSSR count). The summed E-state index contributed by atoms with van der Waals surface area (Å²) in [5.74, 6) is 0.794. The summed E-state index contributed by atoms with van der Waals surface area (Å²) < 4.78 is 5.55. The summed E-state index contributed by atoms with van der Waals surface area (Å²) in [6, 6.07) is 17.8. The fraction of sp³-hybridized carbons (Fsp3) is 0.238. The van der Waals surface area contributed by atoms with Gasteiger partial charge in [-0.15, -0.1) is 0 Å². The van der Waals surface area contributed by atoms with E-state index >= 15 is 0 Å². The molecule has 0 aliphatic heterocycles. The number of benzene rings is 1. The number of aromatic nitrogens is 1. The Hall–Kier alpha value is -2.88. The summed E-state index contributed by atoms with van der Waals surface area (Å²) in [5.41, 5.74) is 2.28. The topological polar surface area (TPSA) is 55.1 Å². The van der Waals surface area contributed by atoms with Crippen LogP contribution in [0.15, 0.2) is 77.7 Å². The Morgan fingerprint density at radius 1 is 1.08 bits per heavy atom. The van der Waals surface area contributed by atoms with Crippen molar-refractivity contribution in [1.82, 2.24) is 10.3 Å². The van der Waals surface area contributed by atoms with E-state index in [-0.39, 0.29) is 11.8 Å². The maximum absolute atomic E-state index is 12.4. The Morgan fingerprint density at radius 3 is 2.68 bits per heavy atom. The van der Waals surface area contributed by atoms with Gasteiger partial charge in [-0.05, 0) is 42.2 Å². The van der Waals surface area contributed by atoms with Gasteiger partial charge >= 0.3 is 0 Å². The highest BCUT2D eigenvalue weighted by atomic mass is 16.3. The fourth-order valence-corrected chi connectivity index (χ4v) is 2.88. The maximum Gasteiger partial charge on any atom is 0.221 e. The lowest BCUT2D eigenvalue weighted by molar-refractivity contribution is -0.121. The number of carbonyl (C=O) groups excluding carboxylic acids is 1. The lowest BCUT2D eigenvalue weighted by Crippen LogP contribution is -2.26. The van der Waals surface area contributed by atoms with Gasteiger partial charge in [0.05, 0.1) is 12.2 Å². The van der Waals surface area contributed by atoms with Gasteiger partial charge in [-0.2, -0.15) is 0 Å². The first-order valence-corrected chi connectivity index (χ1v) is 8.57. The molecule has 0 aliphatic carbocycles. The number of carbonyl (C=O) groups is 1. The Balaban J connectivity index is 1.52. The zero-order chi connectivity index (χ0) is 17.3. The second-order valence-electron chi connectivity index (χ2n) is 6.00. The van der Waals surface area contributed by atoms with Gasteiger partial charge in [0, 0.05) is 25.4 Å². The minimum Gasteiger partial charge on any atom is -0.469 e. The Morgan fingerprint density at radius 2 is 1.96 bits per heavy atom. The van der Waals surface area contributed by atoms with Gasteiger partial charge in [-0.25, -0.2) is 0 Å². The van der Waals surface area contributed by atoms with Crippen molar-refractivity contribution in [2.45, 2.75) is 25.2 Å². The molecule has 0 spiro atoms. The fourth-order valence-electron chi connectivity index (χ4n) is 2.88. The number of amides is 1. The molecule has 0 bridgehead atoms. The third-order valence-electron chi connectivity index (χ3n) is 4.17. The van der Waals surface area contributed by atoms with Crippen LogP contribution in [0.3, 0.4) is 0 Å². The van der Waals surface area contributed by atoms with E-state index in [0.717, 1.165) is 24.2 Å². The van der Waals surface area contributed by atoms with Gasteiger partial charge in [0.2, 0.25) is 5.91 Å². The van der Waals surface area contributed by atoms with E-state index in [1.807, 2.05) is 54.7 Å². The first-order chi connectivity index (χ1) is 12.3. The quantitative estimate of drug-likeness (QED) is 0.635. The van der Waals surface area contributed by atoms with Crippen LogP contribution >= 0.6 is 0 Å². The lowest BCUT2D eigenvalue weighted by Gasteiger charge is -2.15. The minimum atomic E-state index is -0.0606. The molecule has 0 fully saturated rings. The number of rotatable bonds is 8. The van der Waals surface area contributed by atoms with E-state index < -0.39 is 0 Å². The summed E-state index contributed by atoms with van der Waals surface area (Å²) in [6.45, 7) is 0.660. The molecule has 1 atom stereocenters. The number of hydrogen-bond acceptors (Lipinski definition) is 3. The van der Waals surface area contributed by atoms with Crippen molar-refractivity contribution in [2.24, 2.45) is 0 Å². The van der Waals surface area contributed by atoms with Crippen molar-refractivity contribution < 1.29 is 9.21 Å². The Kier molecular flexibility index (Phi) is 5.99. The van der Waals surface area contributed by atoms with Crippen molar-refractivity contribution >= 4 is 5.91 Å². The van der Waals surface area contributed by atoms with E-state index in [0.29, 0.717) is 13.0 Å². The molecule has 25 heavy (non-hydrogen) atoms. The molecule has 2 heterocycles. The molecule has 0 aliphatic rings. The zero-order valence-electron chi connectivity index (χ0n) is 14.1. The first-order valence-electron chi connectivity index (χ1n) is 8.57. The van der Waals surface area contributed by atoms with Crippen LogP contribution in [0.25, 0.3) is 0 Å². The molecule has 0 saturated heterocycles. The third kappa shape index (κ3) is 5.05. The highest BCUT2D eigenvalue weighted by Gasteiger charge is 2.20. The molecule has 128 valence electrons. The van der Waals surface area contributed by atoms with Gasteiger partial charge in [0.1, 0.15) is 5.76 Å². The van der Waals surface area contributed by atoms with Crippen molar-refractivity contribution in [1.29, 1.82) is 0 Å². The van der Waals surface area contributed by atoms with Gasteiger partial charge in [-0.1, -0.05) is 36.4 Å². The van der Waals surface area contributed by atoms with Crippen molar-refractivity contribution in [2.75, 3.05) is 6.54 Å². The molecule has 4 nitrogen and oxygen atoms in total. The van der Waals surface area contributed by atoms with Crippen LogP contribution in [0.2, 0.25) is 0 Å². The Labute approximate surface area is 147 Å². The number of pyridine rings is 1. The van der Waals surface area contributed by atoms with E-state index in [1.165, 1.54) is 5.56 Å². The Bertz CT molecular complexity index is 755. The lowest BCUT2D eigenvalue weighted by atomic mass is 9.93. The zero-order valence-corrected chi connectivity index (χ0v) is 14.1. The van der Waals surface area contributed by atoms with E-state index in [4.69, 9.17) is 4.42 Å². The molecule has 1 N–H and O–H groups in total. The summed E-state index contributed by atoms with van der Waals surface area (Å²) >= 11 is 0. The van der Waals surface area contributed by atoms with Crippen LogP contribution in [-0.4, -0.2) is 17.4 Å². The van der Waals surface area contributed by atoms with Crippen molar-refractivity contribution in [3.05, 3.63) is 90.1 Å². The van der Waals surface area contributed by atoms with Crippen LogP contribution in [0, 0.1) is 0 Å². The third-order valence-corrected chi connectivity index (χ3v) is 4.17. The molecule has 1 aromatic carbocycles. The largest absolute Gasteiger partial charge is 0.469 e. The first kappa shape index (κ1) is 17.0. The van der Waals surface area contributed by atoms with Crippen LogP contribution in [0.5, 0.6) is 0 Å². The number of hydrogen-bond donors (Lipinski definition) is 1. The van der Waals surface area contributed by atoms with Crippen molar-refractivity contribution in [3.63, 3.8) is 0 Å². The van der Waals surface area contributed by atoms with Gasteiger partial charge < -0.3 is 9.73 Å². The predicted molar refractivity (Wildman–Crippen MR) is 97.2 cm³/mol. The molecule has 4 heteroatoms. The molecule has 2 aromatic heterocycles. The normalized spacial score (nSPS) is 11.8. The average molecular weight is 334 g/mol. The number of nitrogens with zero attached hydrogens (tertiary/aromatic N) is 1. The van der Waals surface area contributed by atoms with Gasteiger partial charge in [0.25, 0.3) is 0 Å². The average Bonchev–Trinajstić information content (AvgIpc) is 3.19. The van der Waals surface area contributed by atoms with E-state index in [1.54, 1.807) is 12.5 Å². The SMILES string of the molecule is O=C(C[C@H](c1ccccc1)c1ccco1)NCCCc1cccnc1. The second kappa shape index (κ2) is 8.83. The number of aryl methyl sites for hydroxylation is 1. The highest BCUT2D eigenvalue weighted by Crippen LogP contribution is 2.28. The van der Waals surface area contributed by atoms with Crippen LogP contribution in [0.1, 0.15) is 35.6 Å². The smallest absolute Gasteiger partial charge is 0.221 e. The van der Waals surface area contributed by atoms with Crippen LogP contribution < -0.4 is 5.32 Å². The summed E-state index contributed by atoms with van der Waals surface area (Å²) in [7, 11) is 0. The number of nitrogens with one attached hydrogen (secondary N) is 1. The van der Waals surface area contributed by atoms with Gasteiger partial charge in [0.15, 0.2) is 0 Å². The predicted octanol–water partition coefficient (Wildman–Crippen LogP) is 3.95.